The van der Waals surface area contributed by atoms with Crippen LogP contribution in [0.3, 0.4) is 0 Å². The minimum Gasteiger partial charge on any atom is -0.478 e. The van der Waals surface area contributed by atoms with Crippen molar-refractivity contribution in [1.82, 2.24) is 9.55 Å². The minimum atomic E-state index is -1.02. The molecule has 0 aliphatic heterocycles. The molecule has 0 radical (unpaired) electrons. The summed E-state index contributed by atoms with van der Waals surface area (Å²) in [5.41, 5.74) is 2.45. The number of carbonyl (C=O) groups is 1. The van der Waals surface area contributed by atoms with Crippen molar-refractivity contribution in [1.29, 1.82) is 0 Å². The van der Waals surface area contributed by atoms with Gasteiger partial charge in [0.1, 0.15) is 5.82 Å². The lowest BCUT2D eigenvalue weighted by Gasteiger charge is -2.13. The average Bonchev–Trinajstić information content (AvgIpc) is 2.85. The first-order valence-electron chi connectivity index (χ1n) is 7.17. The van der Waals surface area contributed by atoms with Gasteiger partial charge in [0.25, 0.3) is 0 Å². The van der Waals surface area contributed by atoms with Crippen LogP contribution in [0.2, 0.25) is 0 Å². The number of ether oxygens (including phenoxy) is 1. The summed E-state index contributed by atoms with van der Waals surface area (Å²) in [6.45, 7) is 3.92. The number of fused-ring (bicyclic) bond motifs is 1. The first-order valence-corrected chi connectivity index (χ1v) is 7.17. The highest BCUT2D eigenvalue weighted by Crippen LogP contribution is 2.29. The van der Waals surface area contributed by atoms with Crippen molar-refractivity contribution >= 4 is 17.0 Å². The number of benzene rings is 2. The molecular formula is C17H15FN2O3. The normalized spacial score (nSPS) is 10.9. The molecular weight excluding hydrogens is 299 g/mol. The number of rotatable bonds is 4. The molecule has 0 unspecified atom stereocenters. The Hall–Kier alpha value is -2.89. The number of hydrogen-bond donors (Lipinski definition) is 1. The van der Waals surface area contributed by atoms with Crippen molar-refractivity contribution in [2.75, 3.05) is 6.61 Å². The molecule has 3 rings (SSSR count). The van der Waals surface area contributed by atoms with Crippen LogP contribution in [-0.2, 0) is 0 Å². The summed E-state index contributed by atoms with van der Waals surface area (Å²) in [4.78, 5) is 15.7. The van der Waals surface area contributed by atoms with E-state index in [9.17, 15) is 14.3 Å². The quantitative estimate of drug-likeness (QED) is 0.799. The zero-order chi connectivity index (χ0) is 16.6. The third-order valence-electron chi connectivity index (χ3n) is 3.64. The molecule has 1 N–H and O–H groups in total. The van der Waals surface area contributed by atoms with Gasteiger partial charge in [-0.3, -0.25) is 4.57 Å². The van der Waals surface area contributed by atoms with E-state index >= 15 is 0 Å². The van der Waals surface area contributed by atoms with E-state index in [1.54, 1.807) is 29.7 Å². The average molecular weight is 314 g/mol. The van der Waals surface area contributed by atoms with Crippen LogP contribution in [-0.4, -0.2) is 27.2 Å². The van der Waals surface area contributed by atoms with Gasteiger partial charge in [0.05, 0.1) is 28.9 Å². The summed E-state index contributed by atoms with van der Waals surface area (Å²) in [6, 6.07) is 9.50. The third-order valence-corrected chi connectivity index (χ3v) is 3.64. The molecule has 0 aliphatic carbocycles. The summed E-state index contributed by atoms with van der Waals surface area (Å²) in [6.07, 6.45) is 0. The Labute approximate surface area is 132 Å². The zero-order valence-electron chi connectivity index (χ0n) is 12.7. The Morgan fingerprint density at radius 2 is 2.13 bits per heavy atom. The van der Waals surface area contributed by atoms with Crippen LogP contribution in [0.5, 0.6) is 6.01 Å². The Morgan fingerprint density at radius 1 is 1.35 bits per heavy atom. The zero-order valence-corrected chi connectivity index (χ0v) is 12.7. The summed E-state index contributed by atoms with van der Waals surface area (Å²) < 4.78 is 20.9. The highest BCUT2D eigenvalue weighted by molar-refractivity contribution is 5.91. The van der Waals surface area contributed by atoms with E-state index < -0.39 is 11.8 Å². The number of halogens is 1. The molecule has 23 heavy (non-hydrogen) atoms. The van der Waals surface area contributed by atoms with Crippen LogP contribution in [0.4, 0.5) is 4.39 Å². The van der Waals surface area contributed by atoms with Crippen LogP contribution in [0.1, 0.15) is 22.8 Å². The van der Waals surface area contributed by atoms with Crippen molar-refractivity contribution in [2.24, 2.45) is 0 Å². The van der Waals surface area contributed by atoms with Gasteiger partial charge in [-0.25, -0.2) is 9.18 Å². The van der Waals surface area contributed by atoms with Crippen molar-refractivity contribution in [3.63, 3.8) is 0 Å². The lowest BCUT2D eigenvalue weighted by molar-refractivity contribution is 0.0696. The van der Waals surface area contributed by atoms with E-state index in [0.717, 1.165) is 0 Å². The predicted molar refractivity (Wildman–Crippen MR) is 83.9 cm³/mol. The van der Waals surface area contributed by atoms with Gasteiger partial charge in [-0.2, -0.15) is 4.98 Å². The number of aromatic nitrogens is 2. The first-order chi connectivity index (χ1) is 11.0. The molecule has 0 fully saturated rings. The number of carboxylic acid groups (broad SMARTS) is 1. The van der Waals surface area contributed by atoms with Crippen molar-refractivity contribution in [3.05, 3.63) is 53.3 Å². The molecule has 0 saturated heterocycles. The molecule has 0 amide bonds. The van der Waals surface area contributed by atoms with Crippen molar-refractivity contribution in [3.8, 4) is 11.7 Å². The van der Waals surface area contributed by atoms with Crippen LogP contribution < -0.4 is 4.74 Å². The van der Waals surface area contributed by atoms with E-state index in [1.165, 1.54) is 18.2 Å². The molecule has 1 aromatic heterocycles. The molecule has 6 heteroatoms. The summed E-state index contributed by atoms with van der Waals surface area (Å²) in [5.74, 6) is -1.41. The molecule has 0 aliphatic rings. The smallest absolute Gasteiger partial charge is 0.336 e. The maximum atomic E-state index is 13.7. The Kier molecular flexibility index (Phi) is 3.73. The molecule has 0 bridgehead atoms. The van der Waals surface area contributed by atoms with E-state index in [2.05, 4.69) is 4.98 Å². The van der Waals surface area contributed by atoms with Crippen LogP contribution in [0.15, 0.2) is 36.4 Å². The highest BCUT2D eigenvalue weighted by Gasteiger charge is 2.18. The van der Waals surface area contributed by atoms with Crippen molar-refractivity contribution in [2.45, 2.75) is 13.8 Å². The third kappa shape index (κ3) is 2.52. The molecule has 0 atom stereocenters. The maximum absolute atomic E-state index is 13.7. The van der Waals surface area contributed by atoms with Gasteiger partial charge >= 0.3 is 12.0 Å². The van der Waals surface area contributed by atoms with Gasteiger partial charge in [-0.1, -0.05) is 6.07 Å². The maximum Gasteiger partial charge on any atom is 0.336 e. The SMILES string of the molecule is CCOc1nc2ccc(F)cc2n1-c1cccc(C(=O)O)c1C. The predicted octanol–water partition coefficient (Wildman–Crippen LogP) is 3.57. The summed E-state index contributed by atoms with van der Waals surface area (Å²) in [7, 11) is 0. The molecule has 1 heterocycles. The minimum absolute atomic E-state index is 0.184. The van der Waals surface area contributed by atoms with Crippen molar-refractivity contribution < 1.29 is 19.0 Å². The Morgan fingerprint density at radius 3 is 2.83 bits per heavy atom. The monoisotopic (exact) mass is 314 g/mol. The second-order valence-corrected chi connectivity index (χ2v) is 5.05. The second kappa shape index (κ2) is 5.72. The van der Waals surface area contributed by atoms with Gasteiger partial charge in [-0.15, -0.1) is 0 Å². The fraction of sp³-hybridized carbons (Fsp3) is 0.176. The van der Waals surface area contributed by atoms with E-state index in [-0.39, 0.29) is 5.56 Å². The molecule has 3 aromatic rings. The number of imidazole rings is 1. The van der Waals surface area contributed by atoms with Gasteiger partial charge in [0, 0.05) is 6.07 Å². The van der Waals surface area contributed by atoms with E-state index in [0.29, 0.717) is 34.9 Å². The van der Waals surface area contributed by atoms with E-state index in [1.807, 2.05) is 6.92 Å². The van der Waals surface area contributed by atoms with E-state index in [4.69, 9.17) is 4.74 Å². The molecule has 0 saturated carbocycles. The summed E-state index contributed by atoms with van der Waals surface area (Å²) >= 11 is 0. The lowest BCUT2D eigenvalue weighted by atomic mass is 10.1. The standard InChI is InChI=1S/C17H15FN2O3/c1-3-23-17-19-13-8-7-11(18)9-15(13)20(17)14-6-4-5-12(10(14)2)16(21)22/h4-9H,3H2,1-2H3,(H,21,22). The topological polar surface area (TPSA) is 64.4 Å². The number of hydrogen-bond acceptors (Lipinski definition) is 3. The van der Waals surface area contributed by atoms with Crippen LogP contribution >= 0.6 is 0 Å². The molecule has 0 spiro atoms. The first kappa shape index (κ1) is 15.0. The Bertz CT molecular complexity index is 902. The second-order valence-electron chi connectivity index (χ2n) is 5.05. The fourth-order valence-electron chi connectivity index (χ4n) is 2.58. The molecule has 5 nitrogen and oxygen atoms in total. The highest BCUT2D eigenvalue weighted by atomic mass is 19.1. The van der Waals surface area contributed by atoms with Crippen LogP contribution in [0.25, 0.3) is 16.7 Å². The molecule has 2 aromatic carbocycles. The number of carboxylic acids is 1. The molecule has 118 valence electrons. The summed E-state index contributed by atoms with van der Waals surface area (Å²) in [5, 5.41) is 9.30. The number of aromatic carboxylic acids is 1. The fourth-order valence-corrected chi connectivity index (χ4v) is 2.58. The van der Waals surface area contributed by atoms with Gasteiger partial charge in [-0.05, 0) is 43.7 Å². The van der Waals surface area contributed by atoms with Gasteiger partial charge in [0.2, 0.25) is 0 Å². The largest absolute Gasteiger partial charge is 0.478 e. The lowest BCUT2D eigenvalue weighted by Crippen LogP contribution is -2.07. The van der Waals surface area contributed by atoms with Gasteiger partial charge in [0.15, 0.2) is 0 Å². The Balaban J connectivity index is 2.34. The van der Waals surface area contributed by atoms with Crippen LogP contribution in [0, 0.1) is 12.7 Å². The van der Waals surface area contributed by atoms with Gasteiger partial charge < -0.3 is 9.84 Å². The number of nitrogens with zero attached hydrogens (tertiary/aromatic N) is 2.